The van der Waals surface area contributed by atoms with Crippen LogP contribution in [0.2, 0.25) is 0 Å². The van der Waals surface area contributed by atoms with E-state index in [1.807, 2.05) is 54.6 Å². The zero-order valence-electron chi connectivity index (χ0n) is 17.0. The molecule has 1 heterocycles. The summed E-state index contributed by atoms with van der Waals surface area (Å²) in [6.45, 7) is 1.25. The average Bonchev–Trinajstić information content (AvgIpc) is 2.75. The van der Waals surface area contributed by atoms with Gasteiger partial charge in [0.25, 0.3) is 0 Å². The van der Waals surface area contributed by atoms with Crippen LogP contribution in [0, 0.1) is 0 Å². The van der Waals surface area contributed by atoms with Gasteiger partial charge in [-0.15, -0.1) is 0 Å². The van der Waals surface area contributed by atoms with Crippen molar-refractivity contribution in [2.75, 3.05) is 17.7 Å². The number of aliphatic hydroxyl groups excluding tert-OH is 1. The number of amides is 1. The molecule has 0 bridgehead atoms. The van der Waals surface area contributed by atoms with Crippen molar-refractivity contribution in [3.63, 3.8) is 0 Å². The molecule has 0 saturated carbocycles. The molecule has 0 radical (unpaired) electrons. The molecule has 1 fully saturated rings. The minimum Gasteiger partial charge on any atom is -0.394 e. The Morgan fingerprint density at radius 3 is 2.37 bits per heavy atom. The van der Waals surface area contributed by atoms with E-state index in [2.05, 4.69) is 10.0 Å². The number of anilines is 1. The molecule has 1 amide bonds. The van der Waals surface area contributed by atoms with E-state index in [1.165, 1.54) is 0 Å². The van der Waals surface area contributed by atoms with Gasteiger partial charge in [0, 0.05) is 5.69 Å². The number of hydrogen-bond acceptors (Lipinski definition) is 5. The lowest BCUT2D eigenvalue weighted by atomic mass is 9.98. The standard InChI is InChI=1S/C22H28N2O5S/c1-2-30(27,28)24-20-13-12-19(29-21(20)15-25)14-22(26)23-18-10-8-17(9-11-18)16-6-4-3-5-7-16/h3-11,19-21,24-25H,2,12-15H2,1H3,(H,23,26)/t19-,20+,21-/m1/s1. The Morgan fingerprint density at radius 1 is 1.07 bits per heavy atom. The van der Waals surface area contributed by atoms with Crippen molar-refractivity contribution in [2.24, 2.45) is 0 Å². The summed E-state index contributed by atoms with van der Waals surface area (Å²) in [7, 11) is -3.39. The Hall–Kier alpha value is -2.26. The van der Waals surface area contributed by atoms with Crippen molar-refractivity contribution < 1.29 is 23.1 Å². The van der Waals surface area contributed by atoms with Gasteiger partial charge >= 0.3 is 0 Å². The van der Waals surface area contributed by atoms with Gasteiger partial charge in [-0.05, 0) is 43.0 Å². The Morgan fingerprint density at radius 2 is 1.73 bits per heavy atom. The maximum atomic E-state index is 12.4. The molecule has 0 spiro atoms. The summed E-state index contributed by atoms with van der Waals surface area (Å²) in [6, 6.07) is 17.1. The number of sulfonamides is 1. The topological polar surface area (TPSA) is 105 Å². The second-order valence-corrected chi connectivity index (χ2v) is 9.42. The number of aliphatic hydroxyl groups is 1. The number of hydrogen-bond donors (Lipinski definition) is 3. The maximum Gasteiger partial charge on any atom is 0.226 e. The molecule has 2 aromatic carbocycles. The molecule has 3 rings (SSSR count). The molecule has 162 valence electrons. The molecular weight excluding hydrogens is 404 g/mol. The summed E-state index contributed by atoms with van der Waals surface area (Å²) < 4.78 is 31.9. The molecule has 3 N–H and O–H groups in total. The van der Waals surface area contributed by atoms with Crippen LogP contribution in [0.1, 0.15) is 26.2 Å². The van der Waals surface area contributed by atoms with E-state index < -0.39 is 22.2 Å². The molecule has 0 aromatic heterocycles. The fraction of sp³-hybridized carbons (Fsp3) is 0.409. The third-order valence-corrected chi connectivity index (χ3v) is 6.62. The van der Waals surface area contributed by atoms with Crippen LogP contribution in [0.3, 0.4) is 0 Å². The third kappa shape index (κ3) is 6.12. The van der Waals surface area contributed by atoms with E-state index in [-0.39, 0.29) is 30.8 Å². The normalized spacial score (nSPS) is 21.9. The molecule has 2 aromatic rings. The largest absolute Gasteiger partial charge is 0.394 e. The van der Waals surface area contributed by atoms with Crippen molar-refractivity contribution in [3.8, 4) is 11.1 Å². The van der Waals surface area contributed by atoms with Gasteiger partial charge in [-0.1, -0.05) is 42.5 Å². The van der Waals surface area contributed by atoms with Crippen molar-refractivity contribution in [1.29, 1.82) is 0 Å². The molecule has 0 aliphatic carbocycles. The predicted molar refractivity (Wildman–Crippen MR) is 116 cm³/mol. The lowest BCUT2D eigenvalue weighted by molar-refractivity contribution is -0.126. The predicted octanol–water partition coefficient (Wildman–Crippen LogP) is 2.53. The van der Waals surface area contributed by atoms with Crippen molar-refractivity contribution in [2.45, 2.75) is 44.4 Å². The van der Waals surface area contributed by atoms with Crippen molar-refractivity contribution >= 4 is 21.6 Å². The van der Waals surface area contributed by atoms with Crippen molar-refractivity contribution in [1.82, 2.24) is 4.72 Å². The molecule has 30 heavy (non-hydrogen) atoms. The molecule has 0 unspecified atom stereocenters. The third-order valence-electron chi connectivity index (χ3n) is 5.20. The number of rotatable bonds is 8. The van der Waals surface area contributed by atoms with Crippen LogP contribution in [-0.2, 0) is 19.6 Å². The SMILES string of the molecule is CCS(=O)(=O)N[C@H]1CC[C@H](CC(=O)Nc2ccc(-c3ccccc3)cc2)O[C@@H]1CO. The van der Waals surface area contributed by atoms with E-state index in [0.717, 1.165) is 11.1 Å². The zero-order valence-corrected chi connectivity index (χ0v) is 17.8. The van der Waals surface area contributed by atoms with Gasteiger partial charge < -0.3 is 15.2 Å². The molecular formula is C22H28N2O5S. The molecule has 1 aliphatic rings. The molecule has 1 aliphatic heterocycles. The molecule has 8 heteroatoms. The first-order valence-electron chi connectivity index (χ1n) is 10.1. The number of ether oxygens (including phenoxy) is 1. The van der Waals surface area contributed by atoms with Gasteiger partial charge in [-0.3, -0.25) is 4.79 Å². The highest BCUT2D eigenvalue weighted by Crippen LogP contribution is 2.24. The summed E-state index contributed by atoms with van der Waals surface area (Å²) in [5.74, 6) is -0.215. The highest BCUT2D eigenvalue weighted by atomic mass is 32.2. The van der Waals surface area contributed by atoms with Crippen LogP contribution in [-0.4, -0.2) is 50.0 Å². The van der Waals surface area contributed by atoms with Gasteiger partial charge in [0.05, 0.1) is 37.0 Å². The fourth-order valence-electron chi connectivity index (χ4n) is 3.53. The number of carbonyl (C=O) groups is 1. The van der Waals surface area contributed by atoms with Gasteiger partial charge in [0.15, 0.2) is 0 Å². The van der Waals surface area contributed by atoms with E-state index in [4.69, 9.17) is 4.74 Å². The first-order chi connectivity index (χ1) is 14.4. The second kappa shape index (κ2) is 10.2. The lowest BCUT2D eigenvalue weighted by Gasteiger charge is -2.35. The van der Waals surface area contributed by atoms with Crippen LogP contribution < -0.4 is 10.0 Å². The Balaban J connectivity index is 1.53. The molecule has 7 nitrogen and oxygen atoms in total. The van der Waals surface area contributed by atoms with Crippen LogP contribution >= 0.6 is 0 Å². The fourth-order valence-corrected chi connectivity index (χ4v) is 4.42. The summed E-state index contributed by atoms with van der Waals surface area (Å²) in [5, 5.41) is 12.4. The van der Waals surface area contributed by atoms with Gasteiger partial charge in [0.2, 0.25) is 15.9 Å². The first-order valence-corrected chi connectivity index (χ1v) is 11.8. The summed E-state index contributed by atoms with van der Waals surface area (Å²) in [5.41, 5.74) is 2.87. The maximum absolute atomic E-state index is 12.4. The Labute approximate surface area is 177 Å². The number of nitrogens with one attached hydrogen (secondary N) is 2. The average molecular weight is 433 g/mol. The summed E-state index contributed by atoms with van der Waals surface area (Å²) >= 11 is 0. The number of benzene rings is 2. The quantitative estimate of drug-likeness (QED) is 0.595. The van der Waals surface area contributed by atoms with E-state index in [1.54, 1.807) is 6.92 Å². The van der Waals surface area contributed by atoms with E-state index in [9.17, 15) is 18.3 Å². The zero-order chi connectivity index (χ0) is 21.6. The summed E-state index contributed by atoms with van der Waals surface area (Å²) in [4.78, 5) is 12.4. The smallest absolute Gasteiger partial charge is 0.226 e. The number of carbonyl (C=O) groups excluding carboxylic acids is 1. The first kappa shape index (κ1) is 22.4. The van der Waals surface area contributed by atoms with Crippen LogP contribution in [0.15, 0.2) is 54.6 Å². The minimum atomic E-state index is -3.39. The Kier molecular flexibility index (Phi) is 7.60. The van der Waals surface area contributed by atoms with Gasteiger partial charge in [-0.2, -0.15) is 0 Å². The highest BCUT2D eigenvalue weighted by Gasteiger charge is 2.33. The monoisotopic (exact) mass is 432 g/mol. The highest BCUT2D eigenvalue weighted by molar-refractivity contribution is 7.89. The minimum absolute atomic E-state index is 0.0312. The second-order valence-electron chi connectivity index (χ2n) is 7.38. The molecule has 3 atom stereocenters. The Bertz CT molecular complexity index is 932. The lowest BCUT2D eigenvalue weighted by Crippen LogP contribution is -2.51. The van der Waals surface area contributed by atoms with Crippen LogP contribution in [0.5, 0.6) is 0 Å². The van der Waals surface area contributed by atoms with Crippen molar-refractivity contribution in [3.05, 3.63) is 54.6 Å². The van der Waals surface area contributed by atoms with Crippen LogP contribution in [0.25, 0.3) is 11.1 Å². The van der Waals surface area contributed by atoms with Crippen LogP contribution in [0.4, 0.5) is 5.69 Å². The summed E-state index contributed by atoms with van der Waals surface area (Å²) in [6.07, 6.45) is 0.155. The van der Waals surface area contributed by atoms with Gasteiger partial charge in [0.1, 0.15) is 0 Å². The molecule has 1 saturated heterocycles. The van der Waals surface area contributed by atoms with E-state index >= 15 is 0 Å². The van der Waals surface area contributed by atoms with Gasteiger partial charge in [-0.25, -0.2) is 13.1 Å². The van der Waals surface area contributed by atoms with E-state index in [0.29, 0.717) is 18.5 Å².